The van der Waals surface area contributed by atoms with Crippen LogP contribution in [0.25, 0.3) is 0 Å². The van der Waals surface area contributed by atoms with Crippen molar-refractivity contribution in [2.75, 3.05) is 7.11 Å². The topological polar surface area (TPSA) is 38.3 Å². The molecule has 0 aliphatic rings. The monoisotopic (exact) mass is 325 g/mol. The number of carbonyl (C=O) groups excluding carboxylic acids is 1. The molecule has 1 atom stereocenters. The summed E-state index contributed by atoms with van der Waals surface area (Å²) in [5.74, 6) is 0.819. The van der Waals surface area contributed by atoms with E-state index in [4.69, 9.17) is 4.74 Å². The molecule has 0 radical (unpaired) electrons. The zero-order valence-electron chi connectivity index (χ0n) is 15.2. The van der Waals surface area contributed by atoms with Crippen molar-refractivity contribution in [2.45, 2.75) is 45.6 Å². The molecule has 0 spiro atoms. The van der Waals surface area contributed by atoms with E-state index in [-0.39, 0.29) is 17.4 Å². The van der Waals surface area contributed by atoms with Crippen LogP contribution in [0, 0.1) is 0 Å². The summed E-state index contributed by atoms with van der Waals surface area (Å²) in [4.78, 5) is 12.2. The first-order chi connectivity index (χ1) is 11.3. The van der Waals surface area contributed by atoms with Crippen molar-refractivity contribution in [1.82, 2.24) is 5.32 Å². The van der Waals surface area contributed by atoms with E-state index in [1.807, 2.05) is 31.2 Å². The molecule has 2 rings (SSSR count). The van der Waals surface area contributed by atoms with Gasteiger partial charge in [0, 0.05) is 0 Å². The third-order valence-corrected chi connectivity index (χ3v) is 4.18. The molecule has 0 aromatic heterocycles. The molecule has 2 aromatic carbocycles. The molecule has 1 N–H and O–H groups in total. The van der Waals surface area contributed by atoms with Crippen LogP contribution >= 0.6 is 0 Å². The molecule has 0 aliphatic heterocycles. The lowest BCUT2D eigenvalue weighted by molar-refractivity contribution is -0.121. The molecule has 128 valence electrons. The second-order valence-electron chi connectivity index (χ2n) is 7.19. The minimum atomic E-state index is -0.00948. The molecular formula is C21H27NO2. The summed E-state index contributed by atoms with van der Waals surface area (Å²) in [6.45, 7) is 8.60. The maximum Gasteiger partial charge on any atom is 0.224 e. The normalized spacial score (nSPS) is 12.5. The van der Waals surface area contributed by atoms with E-state index in [2.05, 4.69) is 50.4 Å². The summed E-state index contributed by atoms with van der Waals surface area (Å²) >= 11 is 0. The van der Waals surface area contributed by atoms with Crippen LogP contribution in [0.4, 0.5) is 0 Å². The third-order valence-electron chi connectivity index (χ3n) is 4.18. The summed E-state index contributed by atoms with van der Waals surface area (Å²) in [6.07, 6.45) is 0.369. The van der Waals surface area contributed by atoms with Gasteiger partial charge in [0.25, 0.3) is 0 Å². The van der Waals surface area contributed by atoms with Gasteiger partial charge in [0.15, 0.2) is 0 Å². The van der Waals surface area contributed by atoms with Crippen LogP contribution in [-0.2, 0) is 16.6 Å². The van der Waals surface area contributed by atoms with Crippen molar-refractivity contribution in [1.29, 1.82) is 0 Å². The van der Waals surface area contributed by atoms with Gasteiger partial charge in [-0.25, -0.2) is 0 Å². The van der Waals surface area contributed by atoms with Crippen LogP contribution in [0.15, 0.2) is 48.5 Å². The van der Waals surface area contributed by atoms with E-state index in [1.54, 1.807) is 7.11 Å². The Hall–Kier alpha value is -2.29. The van der Waals surface area contributed by atoms with Crippen LogP contribution in [-0.4, -0.2) is 13.0 Å². The quantitative estimate of drug-likeness (QED) is 0.884. The van der Waals surface area contributed by atoms with E-state index in [0.717, 1.165) is 16.9 Å². The van der Waals surface area contributed by atoms with Crippen LogP contribution in [0.2, 0.25) is 0 Å². The second-order valence-corrected chi connectivity index (χ2v) is 7.19. The van der Waals surface area contributed by atoms with E-state index in [0.29, 0.717) is 6.42 Å². The highest BCUT2D eigenvalue weighted by atomic mass is 16.5. The van der Waals surface area contributed by atoms with Gasteiger partial charge in [-0.15, -0.1) is 0 Å². The first kappa shape index (κ1) is 18.1. The smallest absolute Gasteiger partial charge is 0.224 e. The van der Waals surface area contributed by atoms with Crippen molar-refractivity contribution in [3.63, 3.8) is 0 Å². The van der Waals surface area contributed by atoms with Crippen molar-refractivity contribution in [2.24, 2.45) is 0 Å². The molecule has 2 aromatic rings. The number of carbonyl (C=O) groups is 1. The van der Waals surface area contributed by atoms with Crippen LogP contribution < -0.4 is 10.1 Å². The van der Waals surface area contributed by atoms with Crippen molar-refractivity contribution >= 4 is 5.91 Å². The molecule has 3 heteroatoms. The van der Waals surface area contributed by atoms with Gasteiger partial charge in [-0.2, -0.15) is 0 Å². The molecule has 0 heterocycles. The largest absolute Gasteiger partial charge is 0.497 e. The Morgan fingerprint density at radius 2 is 1.62 bits per heavy atom. The molecule has 1 amide bonds. The van der Waals surface area contributed by atoms with Gasteiger partial charge < -0.3 is 10.1 Å². The minimum Gasteiger partial charge on any atom is -0.497 e. The van der Waals surface area contributed by atoms with Gasteiger partial charge in [-0.3, -0.25) is 4.79 Å². The average Bonchev–Trinajstić information content (AvgIpc) is 2.54. The Bertz CT molecular complexity index is 666. The molecular weight excluding hydrogens is 298 g/mol. The lowest BCUT2D eigenvalue weighted by Gasteiger charge is -2.20. The Labute approximate surface area is 145 Å². The number of benzene rings is 2. The van der Waals surface area contributed by atoms with Gasteiger partial charge in [-0.05, 0) is 41.2 Å². The van der Waals surface area contributed by atoms with Crippen LogP contribution in [0.3, 0.4) is 0 Å². The highest BCUT2D eigenvalue weighted by Gasteiger charge is 2.15. The third kappa shape index (κ3) is 4.85. The standard InChI is InChI=1S/C21H27NO2/c1-15(17-8-10-18(11-9-17)21(2,3)4)22-20(23)14-16-6-12-19(24-5)13-7-16/h6-13,15H,14H2,1-5H3,(H,22,23)/t15-/m0/s1. The maximum atomic E-state index is 12.2. The van der Waals surface area contributed by atoms with Gasteiger partial charge in [-0.1, -0.05) is 57.2 Å². The van der Waals surface area contributed by atoms with E-state index >= 15 is 0 Å². The molecule has 24 heavy (non-hydrogen) atoms. The fourth-order valence-electron chi connectivity index (χ4n) is 2.58. The average molecular weight is 325 g/mol. The van der Waals surface area contributed by atoms with E-state index in [9.17, 15) is 4.79 Å². The highest BCUT2D eigenvalue weighted by Crippen LogP contribution is 2.24. The van der Waals surface area contributed by atoms with Crippen LogP contribution in [0.5, 0.6) is 5.75 Å². The summed E-state index contributed by atoms with van der Waals surface area (Å²) in [6, 6.07) is 16.0. The summed E-state index contributed by atoms with van der Waals surface area (Å²) < 4.78 is 5.13. The fourth-order valence-corrected chi connectivity index (χ4v) is 2.58. The predicted octanol–water partition coefficient (Wildman–Crippen LogP) is 4.41. The van der Waals surface area contributed by atoms with Gasteiger partial charge in [0.05, 0.1) is 19.6 Å². The molecule has 0 bridgehead atoms. The number of methoxy groups -OCH3 is 1. The molecule has 3 nitrogen and oxygen atoms in total. The van der Waals surface area contributed by atoms with Crippen molar-refractivity contribution < 1.29 is 9.53 Å². The molecule has 0 aliphatic carbocycles. The number of rotatable bonds is 5. The fraction of sp³-hybridized carbons (Fsp3) is 0.381. The number of hydrogen-bond acceptors (Lipinski definition) is 2. The molecule has 0 saturated carbocycles. The SMILES string of the molecule is COc1ccc(CC(=O)N[C@@H](C)c2ccc(C(C)(C)C)cc2)cc1. The molecule has 0 unspecified atom stereocenters. The Kier molecular flexibility index (Phi) is 5.66. The number of hydrogen-bond donors (Lipinski definition) is 1. The summed E-state index contributed by atoms with van der Waals surface area (Å²) in [5, 5.41) is 3.06. The molecule has 0 saturated heterocycles. The molecule has 0 fully saturated rings. The minimum absolute atomic E-state index is 0.00948. The number of ether oxygens (including phenoxy) is 1. The predicted molar refractivity (Wildman–Crippen MR) is 98.4 cm³/mol. The number of amides is 1. The first-order valence-electron chi connectivity index (χ1n) is 8.32. The van der Waals surface area contributed by atoms with Gasteiger partial charge >= 0.3 is 0 Å². The van der Waals surface area contributed by atoms with Crippen LogP contribution in [0.1, 0.15) is 50.4 Å². The zero-order valence-corrected chi connectivity index (χ0v) is 15.2. The highest BCUT2D eigenvalue weighted by molar-refractivity contribution is 5.79. The maximum absolute atomic E-state index is 12.2. The zero-order chi connectivity index (χ0) is 17.7. The van der Waals surface area contributed by atoms with Gasteiger partial charge in [0.2, 0.25) is 5.91 Å². The lowest BCUT2D eigenvalue weighted by Crippen LogP contribution is -2.28. The second kappa shape index (κ2) is 7.52. The van der Waals surface area contributed by atoms with E-state index in [1.165, 1.54) is 5.56 Å². The summed E-state index contributed by atoms with van der Waals surface area (Å²) in [5.41, 5.74) is 3.53. The van der Waals surface area contributed by atoms with Crippen molar-refractivity contribution in [3.05, 3.63) is 65.2 Å². The van der Waals surface area contributed by atoms with Gasteiger partial charge in [0.1, 0.15) is 5.75 Å². The Balaban J connectivity index is 1.95. The Morgan fingerprint density at radius 3 is 2.12 bits per heavy atom. The first-order valence-corrected chi connectivity index (χ1v) is 8.32. The Morgan fingerprint density at radius 1 is 1.04 bits per heavy atom. The number of nitrogens with one attached hydrogen (secondary N) is 1. The van der Waals surface area contributed by atoms with E-state index < -0.39 is 0 Å². The lowest BCUT2D eigenvalue weighted by atomic mass is 9.86. The summed E-state index contributed by atoms with van der Waals surface area (Å²) in [7, 11) is 1.63. The van der Waals surface area contributed by atoms with Crippen molar-refractivity contribution in [3.8, 4) is 5.75 Å².